The summed E-state index contributed by atoms with van der Waals surface area (Å²) >= 11 is 5.89. The van der Waals surface area contributed by atoms with Gasteiger partial charge in [0, 0.05) is 11.9 Å². The van der Waals surface area contributed by atoms with E-state index in [1.165, 1.54) is 7.11 Å². The van der Waals surface area contributed by atoms with Crippen molar-refractivity contribution in [1.29, 1.82) is 0 Å². The van der Waals surface area contributed by atoms with Crippen LogP contribution in [0.25, 0.3) is 0 Å². The summed E-state index contributed by atoms with van der Waals surface area (Å²) in [6.45, 7) is 0. The molecule has 19 heavy (non-hydrogen) atoms. The molecule has 2 N–H and O–H groups in total. The van der Waals surface area contributed by atoms with Gasteiger partial charge in [0.15, 0.2) is 11.5 Å². The first-order chi connectivity index (χ1) is 9.17. The van der Waals surface area contributed by atoms with E-state index in [4.69, 9.17) is 16.3 Å². The fourth-order valence-electron chi connectivity index (χ4n) is 2.53. The molecule has 0 saturated heterocycles. The first kappa shape index (κ1) is 14.0. The average Bonchev–Trinajstić information content (AvgIpc) is 2.86. The van der Waals surface area contributed by atoms with Gasteiger partial charge in [0.25, 0.3) is 5.91 Å². The van der Waals surface area contributed by atoms with E-state index in [0.717, 1.165) is 19.3 Å². The summed E-state index contributed by atoms with van der Waals surface area (Å²) < 4.78 is 5.00. The molecule has 1 amide bonds. The Morgan fingerprint density at radius 1 is 1.53 bits per heavy atom. The summed E-state index contributed by atoms with van der Waals surface area (Å²) in [5.41, 5.74) is 0.236. The van der Waals surface area contributed by atoms with Crippen LogP contribution in [0.15, 0.2) is 18.2 Å². The maximum Gasteiger partial charge on any atom is 0.255 e. The molecule has 1 aliphatic carbocycles. The molecule has 2 atom stereocenters. The van der Waals surface area contributed by atoms with Crippen molar-refractivity contribution in [2.24, 2.45) is 5.92 Å². The molecule has 0 spiro atoms. The van der Waals surface area contributed by atoms with Crippen molar-refractivity contribution >= 4 is 17.5 Å². The summed E-state index contributed by atoms with van der Waals surface area (Å²) in [4.78, 5) is 12.2. The number of para-hydroxylation sites is 1. The number of phenolic OH excluding ortho intramolecular Hbond substituents is 1. The van der Waals surface area contributed by atoms with Gasteiger partial charge in [0.05, 0.1) is 12.7 Å². The molecule has 2 rings (SSSR count). The maximum absolute atomic E-state index is 12.2. The van der Waals surface area contributed by atoms with Crippen LogP contribution in [0.2, 0.25) is 0 Å². The predicted molar refractivity (Wildman–Crippen MR) is 74.0 cm³/mol. The normalized spacial score (nSPS) is 22.2. The van der Waals surface area contributed by atoms with Crippen LogP contribution in [0.1, 0.15) is 29.6 Å². The standard InChI is InChI=1S/C14H18ClNO3/c1-19-12-7-3-5-10(13(12)17)14(18)16-11-6-2-4-9(11)8-15/h3,5,7,9,11,17H,2,4,6,8H2,1H3,(H,16,18). The maximum atomic E-state index is 12.2. The predicted octanol–water partition coefficient (Wildman–Crippen LogP) is 2.54. The van der Waals surface area contributed by atoms with Gasteiger partial charge >= 0.3 is 0 Å². The van der Waals surface area contributed by atoms with E-state index in [-0.39, 0.29) is 23.3 Å². The lowest BCUT2D eigenvalue weighted by atomic mass is 10.1. The highest BCUT2D eigenvalue weighted by atomic mass is 35.5. The Labute approximate surface area is 117 Å². The Hall–Kier alpha value is -1.42. The SMILES string of the molecule is COc1cccc(C(=O)NC2CCCC2CCl)c1O. The molecule has 104 valence electrons. The number of alkyl halides is 1. The minimum atomic E-state index is -0.279. The van der Waals surface area contributed by atoms with E-state index in [1.54, 1.807) is 18.2 Å². The number of nitrogens with one attached hydrogen (secondary N) is 1. The number of rotatable bonds is 4. The van der Waals surface area contributed by atoms with Crippen molar-refractivity contribution in [2.45, 2.75) is 25.3 Å². The van der Waals surface area contributed by atoms with Gasteiger partial charge in [-0.05, 0) is 30.9 Å². The van der Waals surface area contributed by atoms with E-state index < -0.39 is 0 Å². The minimum Gasteiger partial charge on any atom is -0.504 e. The second-order valence-corrected chi connectivity index (χ2v) is 5.09. The van der Waals surface area contributed by atoms with Gasteiger partial charge in [-0.15, -0.1) is 11.6 Å². The molecule has 1 aromatic rings. The number of hydrogen-bond donors (Lipinski definition) is 2. The Kier molecular flexibility index (Phi) is 4.53. The first-order valence-corrected chi connectivity index (χ1v) is 6.93. The molecule has 1 aromatic carbocycles. The highest BCUT2D eigenvalue weighted by Crippen LogP contribution is 2.31. The van der Waals surface area contributed by atoms with Crippen molar-refractivity contribution < 1.29 is 14.6 Å². The molecule has 2 unspecified atom stereocenters. The molecular weight excluding hydrogens is 266 g/mol. The van der Waals surface area contributed by atoms with E-state index in [2.05, 4.69) is 5.32 Å². The summed E-state index contributed by atoms with van der Waals surface area (Å²) in [6.07, 6.45) is 3.05. The molecule has 0 heterocycles. The van der Waals surface area contributed by atoms with E-state index >= 15 is 0 Å². The topological polar surface area (TPSA) is 58.6 Å². The third-order valence-corrected chi connectivity index (χ3v) is 4.03. The number of amides is 1. The number of halogens is 1. The monoisotopic (exact) mass is 283 g/mol. The van der Waals surface area contributed by atoms with Crippen LogP contribution in [0.3, 0.4) is 0 Å². The van der Waals surface area contributed by atoms with E-state index in [0.29, 0.717) is 17.5 Å². The van der Waals surface area contributed by atoms with Crippen LogP contribution in [0.5, 0.6) is 11.5 Å². The number of aromatic hydroxyl groups is 1. The number of carbonyl (C=O) groups excluding carboxylic acids is 1. The number of phenols is 1. The summed E-state index contributed by atoms with van der Waals surface area (Å²) in [6, 6.07) is 4.97. The second-order valence-electron chi connectivity index (χ2n) is 4.78. The van der Waals surface area contributed by atoms with E-state index in [9.17, 15) is 9.90 Å². The quantitative estimate of drug-likeness (QED) is 0.835. The van der Waals surface area contributed by atoms with Gasteiger partial charge in [-0.1, -0.05) is 12.5 Å². The van der Waals surface area contributed by atoms with Crippen LogP contribution in [-0.4, -0.2) is 30.0 Å². The molecule has 1 aliphatic rings. The number of methoxy groups -OCH3 is 1. The molecule has 1 saturated carbocycles. The molecule has 0 radical (unpaired) electrons. The fraction of sp³-hybridized carbons (Fsp3) is 0.500. The zero-order valence-electron chi connectivity index (χ0n) is 10.9. The Morgan fingerprint density at radius 3 is 3.00 bits per heavy atom. The van der Waals surface area contributed by atoms with E-state index in [1.807, 2.05) is 0 Å². The zero-order chi connectivity index (χ0) is 13.8. The summed E-state index contributed by atoms with van der Waals surface area (Å²) in [7, 11) is 1.46. The van der Waals surface area contributed by atoms with Gasteiger partial charge in [0.2, 0.25) is 0 Å². The molecule has 5 heteroatoms. The summed E-state index contributed by atoms with van der Waals surface area (Å²) in [5, 5.41) is 12.9. The van der Waals surface area contributed by atoms with Gasteiger partial charge < -0.3 is 15.2 Å². The van der Waals surface area contributed by atoms with Gasteiger partial charge in [-0.2, -0.15) is 0 Å². The smallest absolute Gasteiger partial charge is 0.255 e. The lowest BCUT2D eigenvalue weighted by molar-refractivity contribution is 0.0926. The molecule has 0 aliphatic heterocycles. The van der Waals surface area contributed by atoms with Crippen molar-refractivity contribution in [1.82, 2.24) is 5.32 Å². The molecule has 1 fully saturated rings. The molecule has 0 aromatic heterocycles. The van der Waals surface area contributed by atoms with Crippen LogP contribution in [0, 0.1) is 5.92 Å². The second kappa shape index (κ2) is 6.15. The Balaban J connectivity index is 2.12. The first-order valence-electron chi connectivity index (χ1n) is 6.40. The van der Waals surface area contributed by atoms with Gasteiger partial charge in [0.1, 0.15) is 0 Å². The van der Waals surface area contributed by atoms with Crippen molar-refractivity contribution in [3.63, 3.8) is 0 Å². The van der Waals surface area contributed by atoms with Crippen molar-refractivity contribution in [3.05, 3.63) is 23.8 Å². The van der Waals surface area contributed by atoms with Crippen LogP contribution >= 0.6 is 11.6 Å². The van der Waals surface area contributed by atoms with Crippen molar-refractivity contribution in [2.75, 3.05) is 13.0 Å². The molecule has 4 nitrogen and oxygen atoms in total. The fourth-order valence-corrected chi connectivity index (χ4v) is 2.90. The minimum absolute atomic E-state index is 0.0931. The average molecular weight is 284 g/mol. The summed E-state index contributed by atoms with van der Waals surface area (Å²) in [5.74, 6) is 0.766. The highest BCUT2D eigenvalue weighted by molar-refractivity contribution is 6.18. The third kappa shape index (κ3) is 2.95. The largest absolute Gasteiger partial charge is 0.504 e. The number of benzene rings is 1. The Bertz CT molecular complexity index is 464. The van der Waals surface area contributed by atoms with Gasteiger partial charge in [-0.3, -0.25) is 4.79 Å². The van der Waals surface area contributed by atoms with Crippen LogP contribution in [0.4, 0.5) is 0 Å². The number of hydrogen-bond acceptors (Lipinski definition) is 3. The molecular formula is C14H18ClNO3. The Morgan fingerprint density at radius 2 is 2.32 bits per heavy atom. The van der Waals surface area contributed by atoms with Crippen LogP contribution < -0.4 is 10.1 Å². The molecule has 0 bridgehead atoms. The zero-order valence-corrected chi connectivity index (χ0v) is 11.6. The number of ether oxygens (including phenoxy) is 1. The highest BCUT2D eigenvalue weighted by Gasteiger charge is 2.28. The van der Waals surface area contributed by atoms with Gasteiger partial charge in [-0.25, -0.2) is 0 Å². The number of carbonyl (C=O) groups is 1. The van der Waals surface area contributed by atoms with Crippen molar-refractivity contribution in [3.8, 4) is 11.5 Å². The lowest BCUT2D eigenvalue weighted by Gasteiger charge is -2.19. The van der Waals surface area contributed by atoms with Crippen LogP contribution in [-0.2, 0) is 0 Å². The lowest BCUT2D eigenvalue weighted by Crippen LogP contribution is -2.38. The third-order valence-electron chi connectivity index (χ3n) is 3.64.